The minimum absolute atomic E-state index is 0.00609. The van der Waals surface area contributed by atoms with Gasteiger partial charge in [-0.2, -0.15) is 0 Å². The molecule has 0 radical (unpaired) electrons. The average Bonchev–Trinajstić information content (AvgIpc) is 3.09. The van der Waals surface area contributed by atoms with Crippen LogP contribution in [0, 0.1) is 13.8 Å². The highest BCUT2D eigenvalue weighted by Gasteiger charge is 2.19. The molecule has 3 rings (SSSR count). The van der Waals surface area contributed by atoms with Gasteiger partial charge in [0, 0.05) is 18.1 Å². The van der Waals surface area contributed by atoms with Crippen LogP contribution >= 0.6 is 11.8 Å². The van der Waals surface area contributed by atoms with Crippen molar-refractivity contribution >= 4 is 33.4 Å². The minimum atomic E-state index is -3.76. The molecule has 7 nitrogen and oxygen atoms in total. The molecule has 0 aliphatic heterocycles. The topological polar surface area (TPSA) is 107 Å². The number of hydrogen-bond donors (Lipinski definition) is 2. The van der Waals surface area contributed by atoms with E-state index >= 15 is 0 Å². The molecule has 0 saturated heterocycles. The summed E-state index contributed by atoms with van der Waals surface area (Å²) >= 11 is 1.34. The summed E-state index contributed by atoms with van der Waals surface area (Å²) in [5, 5.41) is 8.16. The number of benzene rings is 2. The maximum atomic E-state index is 12.6. The number of nitrogens with two attached hydrogens (primary N) is 1. The Hall–Kier alpha value is -2.62. The molecule has 3 N–H and O–H groups in total. The molecule has 1 heterocycles. The second-order valence-corrected chi connectivity index (χ2v) is 9.56. The molecule has 1 unspecified atom stereocenters. The Kier molecular flexibility index (Phi) is 6.11. The first-order valence-corrected chi connectivity index (χ1v) is 11.3. The lowest BCUT2D eigenvalue weighted by Crippen LogP contribution is -2.23. The number of anilines is 1. The second-order valence-electron chi connectivity index (χ2n) is 6.69. The fourth-order valence-corrected chi connectivity index (χ4v) is 4.21. The first kappa shape index (κ1) is 21.1. The third-order valence-electron chi connectivity index (χ3n) is 4.32. The van der Waals surface area contributed by atoms with Gasteiger partial charge in [-0.1, -0.05) is 29.5 Å². The summed E-state index contributed by atoms with van der Waals surface area (Å²) in [6.45, 7) is 5.88. The number of aromatic nitrogens is 2. The Morgan fingerprint density at radius 3 is 2.48 bits per heavy atom. The molecular weight excluding hydrogens is 408 g/mol. The number of imidazole rings is 1. The molecule has 0 saturated carbocycles. The van der Waals surface area contributed by atoms with Crippen molar-refractivity contribution in [1.29, 1.82) is 0 Å². The number of carbonyl (C=O) groups excluding carboxylic acids is 1. The number of hydrogen-bond acceptors (Lipinski definition) is 5. The lowest BCUT2D eigenvalue weighted by Gasteiger charge is -2.15. The maximum absolute atomic E-state index is 12.6. The molecule has 0 aliphatic carbocycles. The summed E-state index contributed by atoms with van der Waals surface area (Å²) < 4.78 is 24.6. The van der Waals surface area contributed by atoms with E-state index in [-0.39, 0.29) is 10.8 Å². The van der Waals surface area contributed by atoms with Gasteiger partial charge < -0.3 is 5.32 Å². The average molecular weight is 431 g/mol. The first-order valence-electron chi connectivity index (χ1n) is 8.86. The fourth-order valence-electron chi connectivity index (χ4n) is 2.82. The quantitative estimate of drug-likeness (QED) is 0.584. The SMILES string of the molecule is Cc1ccc(-n2ccnc2SC(C)C(=O)Nc2ccc(S(N)(=O)=O)cc2)c(C)c1. The Morgan fingerprint density at radius 2 is 1.86 bits per heavy atom. The standard InChI is InChI=1S/C20H22N4O3S2/c1-13-4-9-18(14(2)12-13)24-11-10-22-20(24)28-15(3)19(25)23-16-5-7-17(8-6-16)29(21,26)27/h4-12,15H,1-3H3,(H,23,25)(H2,21,26,27). The third-order valence-corrected chi connectivity index (χ3v) is 6.33. The van der Waals surface area contributed by atoms with Crippen LogP contribution in [-0.2, 0) is 14.8 Å². The van der Waals surface area contributed by atoms with E-state index in [4.69, 9.17) is 5.14 Å². The molecule has 9 heteroatoms. The van der Waals surface area contributed by atoms with Crippen molar-refractivity contribution in [2.75, 3.05) is 5.32 Å². The van der Waals surface area contributed by atoms with Gasteiger partial charge in [-0.15, -0.1) is 0 Å². The number of rotatable bonds is 6. The van der Waals surface area contributed by atoms with E-state index in [9.17, 15) is 13.2 Å². The van der Waals surface area contributed by atoms with Crippen LogP contribution in [0.5, 0.6) is 0 Å². The van der Waals surface area contributed by atoms with Crippen LogP contribution in [0.3, 0.4) is 0 Å². The summed E-state index contributed by atoms with van der Waals surface area (Å²) in [6.07, 6.45) is 3.58. The molecule has 1 amide bonds. The van der Waals surface area contributed by atoms with Crippen LogP contribution in [-0.4, -0.2) is 29.1 Å². The van der Waals surface area contributed by atoms with Crippen molar-refractivity contribution in [3.63, 3.8) is 0 Å². The van der Waals surface area contributed by atoms with Crippen LogP contribution in [0.15, 0.2) is 64.9 Å². The zero-order valence-electron chi connectivity index (χ0n) is 16.3. The summed E-state index contributed by atoms with van der Waals surface area (Å²) in [7, 11) is -3.76. The number of thioether (sulfide) groups is 1. The van der Waals surface area contributed by atoms with Crippen molar-refractivity contribution < 1.29 is 13.2 Å². The zero-order valence-corrected chi connectivity index (χ0v) is 17.9. The molecule has 0 bridgehead atoms. The Morgan fingerprint density at radius 1 is 1.17 bits per heavy atom. The smallest absolute Gasteiger partial charge is 0.238 e. The fraction of sp³-hybridized carbons (Fsp3) is 0.200. The van der Waals surface area contributed by atoms with Crippen LogP contribution in [0.1, 0.15) is 18.1 Å². The first-order chi connectivity index (χ1) is 13.6. The van der Waals surface area contributed by atoms with Crippen molar-refractivity contribution in [3.8, 4) is 5.69 Å². The Balaban J connectivity index is 1.72. The van der Waals surface area contributed by atoms with Crippen LogP contribution in [0.2, 0.25) is 0 Å². The number of carbonyl (C=O) groups is 1. The summed E-state index contributed by atoms with van der Waals surface area (Å²) in [5.74, 6) is -0.214. The molecule has 0 fully saturated rings. The summed E-state index contributed by atoms with van der Waals surface area (Å²) in [5.41, 5.74) is 3.81. The van der Waals surface area contributed by atoms with Crippen LogP contribution < -0.4 is 10.5 Å². The Labute approximate surface area is 174 Å². The van der Waals surface area contributed by atoms with Gasteiger partial charge in [0.25, 0.3) is 0 Å². The van der Waals surface area contributed by atoms with Gasteiger partial charge in [-0.25, -0.2) is 18.5 Å². The maximum Gasteiger partial charge on any atom is 0.238 e. The second kappa shape index (κ2) is 8.40. The van der Waals surface area contributed by atoms with Crippen molar-refractivity contribution in [2.24, 2.45) is 5.14 Å². The van der Waals surface area contributed by atoms with E-state index in [1.165, 1.54) is 41.6 Å². The normalized spacial score (nSPS) is 12.6. The largest absolute Gasteiger partial charge is 0.325 e. The lowest BCUT2D eigenvalue weighted by atomic mass is 10.1. The van der Waals surface area contributed by atoms with E-state index in [1.54, 1.807) is 13.1 Å². The third kappa shape index (κ3) is 5.06. The van der Waals surface area contributed by atoms with Crippen molar-refractivity contribution in [1.82, 2.24) is 9.55 Å². The molecule has 3 aromatic rings. The number of nitrogens with one attached hydrogen (secondary N) is 1. The highest BCUT2D eigenvalue weighted by atomic mass is 32.2. The number of nitrogens with zero attached hydrogens (tertiary/aromatic N) is 2. The summed E-state index contributed by atoms with van der Waals surface area (Å²) in [6, 6.07) is 11.9. The highest BCUT2D eigenvalue weighted by molar-refractivity contribution is 8.00. The van der Waals surface area contributed by atoms with E-state index in [2.05, 4.69) is 16.4 Å². The van der Waals surface area contributed by atoms with Gasteiger partial charge >= 0.3 is 0 Å². The van der Waals surface area contributed by atoms with Crippen molar-refractivity contribution in [2.45, 2.75) is 36.1 Å². The number of primary sulfonamides is 1. The molecule has 29 heavy (non-hydrogen) atoms. The number of sulfonamides is 1. The predicted octanol–water partition coefficient (Wildman–Crippen LogP) is 3.26. The van der Waals surface area contributed by atoms with Gasteiger partial charge in [-0.05, 0) is 56.7 Å². The van der Waals surface area contributed by atoms with E-state index in [0.29, 0.717) is 10.8 Å². The summed E-state index contributed by atoms with van der Waals surface area (Å²) in [4.78, 5) is 17.0. The van der Waals surface area contributed by atoms with Crippen molar-refractivity contribution in [3.05, 3.63) is 66.0 Å². The van der Waals surface area contributed by atoms with Gasteiger partial charge in [0.05, 0.1) is 15.8 Å². The highest BCUT2D eigenvalue weighted by Crippen LogP contribution is 2.27. The van der Waals surface area contributed by atoms with Crippen LogP contribution in [0.25, 0.3) is 5.69 Å². The number of aryl methyl sites for hydroxylation is 2. The number of amides is 1. The lowest BCUT2D eigenvalue weighted by molar-refractivity contribution is -0.115. The Bertz CT molecular complexity index is 1140. The van der Waals surface area contributed by atoms with E-state index in [1.807, 2.05) is 36.7 Å². The molecule has 0 spiro atoms. The zero-order chi connectivity index (χ0) is 21.2. The van der Waals surface area contributed by atoms with E-state index < -0.39 is 15.3 Å². The predicted molar refractivity (Wildman–Crippen MR) is 115 cm³/mol. The minimum Gasteiger partial charge on any atom is -0.325 e. The van der Waals surface area contributed by atoms with Gasteiger partial charge in [0.15, 0.2) is 5.16 Å². The van der Waals surface area contributed by atoms with E-state index in [0.717, 1.165) is 11.3 Å². The van der Waals surface area contributed by atoms with Crippen LogP contribution in [0.4, 0.5) is 5.69 Å². The molecule has 1 atom stereocenters. The molecule has 1 aromatic heterocycles. The molecule has 2 aromatic carbocycles. The van der Waals surface area contributed by atoms with Gasteiger partial charge in [0.1, 0.15) is 0 Å². The van der Waals surface area contributed by atoms with Gasteiger partial charge in [-0.3, -0.25) is 9.36 Å². The van der Waals surface area contributed by atoms with Gasteiger partial charge in [0.2, 0.25) is 15.9 Å². The molecule has 0 aliphatic rings. The monoisotopic (exact) mass is 430 g/mol. The molecular formula is C20H22N4O3S2. The molecule has 152 valence electrons.